The Balaban J connectivity index is 1.70. The maximum absolute atomic E-state index is 13.1. The summed E-state index contributed by atoms with van der Waals surface area (Å²) in [6, 6.07) is -1.76. The molecule has 1 amide bonds. The summed E-state index contributed by atoms with van der Waals surface area (Å²) in [5, 5.41) is 63.7. The van der Waals surface area contributed by atoms with E-state index in [-0.39, 0.29) is 0 Å². The van der Waals surface area contributed by atoms with Gasteiger partial charge in [0.05, 0.1) is 19.8 Å². The molecule has 0 saturated carbocycles. The van der Waals surface area contributed by atoms with Gasteiger partial charge in [-0.2, -0.15) is 4.31 Å². The SMILES string of the molecule is CC(=O)N[C@H]1[C@@H](OP(=O)(O)OP(=O)(O)OC/C=C(/C)CC/C=C(/C)CC/C=C(/C)CC/C=C(/C)CC/C=C(/C)CC/C=C(/C)CC/C=C(/C)CC/C=C(/C)CC/C=C(\C)CC/C=C(\C)CCC=C(C)C)O[C@H](CO)[C@H](O)[C@@H]1O[C@@H]1O[C@H](CO)[C@H](O)[C@H](O)[C@H]1O. The number of nitrogens with one attached hydrogen (secondary N) is 1. The van der Waals surface area contributed by atoms with Crippen molar-refractivity contribution in [2.24, 2.45) is 0 Å². The lowest BCUT2D eigenvalue weighted by molar-refractivity contribution is -0.340. The predicted molar refractivity (Wildman–Crippen MR) is 355 cm³/mol. The molecule has 0 bridgehead atoms. The fourth-order valence-electron chi connectivity index (χ4n) is 10.1. The van der Waals surface area contributed by atoms with Gasteiger partial charge in [0.25, 0.3) is 0 Å². The molecule has 0 aromatic heterocycles. The van der Waals surface area contributed by atoms with Crippen molar-refractivity contribution < 1.29 is 81.9 Å². The molecule has 9 N–H and O–H groups in total. The van der Waals surface area contributed by atoms with Crippen molar-refractivity contribution in [1.29, 1.82) is 0 Å². The Labute approximate surface area is 534 Å². The largest absolute Gasteiger partial charge is 0.483 e. The molecule has 2 unspecified atom stereocenters. The maximum atomic E-state index is 13.1. The Hall–Kier alpha value is -3.49. The number of aliphatic hydroxyl groups excluding tert-OH is 6. The molecule has 508 valence electrons. The van der Waals surface area contributed by atoms with Gasteiger partial charge in [-0.1, -0.05) is 128 Å². The fourth-order valence-corrected chi connectivity index (χ4v) is 12.2. The smallest absolute Gasteiger partial charge is 0.394 e. The molecule has 20 heteroatoms. The van der Waals surface area contributed by atoms with Crippen LogP contribution in [-0.4, -0.2) is 128 Å². The Morgan fingerprint density at radius 3 is 1.03 bits per heavy atom. The number of carbonyl (C=O) groups is 1. The van der Waals surface area contributed by atoms with Gasteiger partial charge in [0, 0.05) is 6.92 Å². The minimum Gasteiger partial charge on any atom is -0.394 e. The minimum absolute atomic E-state index is 0.480. The van der Waals surface area contributed by atoms with Gasteiger partial charge in [-0.25, -0.2) is 9.13 Å². The standard InChI is InChI=1S/C69H115NO17P2/c1-48(2)24-14-25-49(3)26-15-27-50(4)28-16-29-51(5)30-17-31-52(6)32-18-33-53(7)34-19-35-54(8)36-20-37-55(9)38-21-39-56(10)40-22-41-57(11)42-23-43-58(12)44-45-82-88(78,79)87-89(80,81)86-68-62(70-59(13)73)67(64(75)61(47-72)83-68)85-69-66(77)65(76)63(74)60(46-71)84-69/h24,26,28,30,32,34,36,38,40,42,44,60-69,71-72,74-77H,14-23,25,27,29,31,33,35,37,39,41,43,45-47H2,1-13H3,(H,70,73)(H,78,79)(H,80,81)/b49-26+,50-28+,51-30-,52-32-,53-34-,54-36-,55-38-,56-40-,57-42-,58-44-/t60-,61-,62-,63+,64+,65+,66-,67-,68-,69+/m1/s1. The molecule has 2 saturated heterocycles. The van der Waals surface area contributed by atoms with Gasteiger partial charge in [-0.15, -0.1) is 0 Å². The molecule has 2 aliphatic heterocycles. The highest BCUT2D eigenvalue weighted by molar-refractivity contribution is 7.61. The summed E-state index contributed by atoms with van der Waals surface area (Å²) in [5.74, 6) is -0.820. The summed E-state index contributed by atoms with van der Waals surface area (Å²) in [6.07, 6.45) is 29.6. The Kier molecular flexibility index (Phi) is 40.5. The highest BCUT2D eigenvalue weighted by Gasteiger charge is 2.53. The maximum Gasteiger partial charge on any atom is 0.483 e. The lowest BCUT2D eigenvalue weighted by Gasteiger charge is -2.47. The van der Waals surface area contributed by atoms with Crippen molar-refractivity contribution in [3.63, 3.8) is 0 Å². The van der Waals surface area contributed by atoms with E-state index in [1.165, 1.54) is 61.8 Å². The molecule has 2 fully saturated rings. The molecule has 0 spiro atoms. The van der Waals surface area contributed by atoms with Crippen LogP contribution in [0.2, 0.25) is 0 Å². The van der Waals surface area contributed by atoms with Gasteiger partial charge < -0.3 is 60.0 Å². The normalized spacial score (nSPS) is 25.7. The highest BCUT2D eigenvalue weighted by atomic mass is 31.3. The molecular formula is C69H115NO17P2. The van der Waals surface area contributed by atoms with Crippen LogP contribution < -0.4 is 5.32 Å². The van der Waals surface area contributed by atoms with E-state index in [1.807, 2.05) is 0 Å². The summed E-state index contributed by atoms with van der Waals surface area (Å²) in [5.41, 5.74) is 15.1. The molecule has 0 radical (unpaired) electrons. The monoisotopic (exact) mass is 1290 g/mol. The zero-order valence-electron chi connectivity index (χ0n) is 56.0. The van der Waals surface area contributed by atoms with Crippen LogP contribution in [-0.2, 0) is 41.5 Å². The van der Waals surface area contributed by atoms with Crippen molar-refractivity contribution in [3.8, 4) is 0 Å². The summed E-state index contributed by atoms with van der Waals surface area (Å²) >= 11 is 0. The topological polar surface area (TPSA) is 280 Å². The lowest BCUT2D eigenvalue weighted by atomic mass is 9.95. The summed E-state index contributed by atoms with van der Waals surface area (Å²) in [7, 11) is -10.9. The number of carbonyl (C=O) groups excluding carboxylic acids is 1. The second-order valence-corrected chi connectivity index (χ2v) is 27.8. The highest BCUT2D eigenvalue weighted by Crippen LogP contribution is 2.61. The van der Waals surface area contributed by atoms with E-state index in [9.17, 15) is 54.4 Å². The van der Waals surface area contributed by atoms with Gasteiger partial charge in [-0.3, -0.25) is 13.8 Å². The van der Waals surface area contributed by atoms with E-state index in [4.69, 9.17) is 23.3 Å². The number of amides is 1. The predicted octanol–water partition coefficient (Wildman–Crippen LogP) is 14.2. The van der Waals surface area contributed by atoms with Crippen molar-refractivity contribution in [1.82, 2.24) is 5.32 Å². The van der Waals surface area contributed by atoms with E-state index in [0.717, 1.165) is 128 Å². The zero-order chi connectivity index (χ0) is 66.7. The molecule has 0 aliphatic carbocycles. The minimum atomic E-state index is -5.64. The van der Waals surface area contributed by atoms with Crippen molar-refractivity contribution in [2.45, 2.75) is 280 Å². The second-order valence-electron chi connectivity index (χ2n) is 24.8. The molecule has 2 rings (SSSR count). The third-order valence-corrected chi connectivity index (χ3v) is 18.5. The number of rotatable bonds is 42. The van der Waals surface area contributed by atoms with E-state index in [2.05, 4.69) is 147 Å². The van der Waals surface area contributed by atoms with Crippen LogP contribution in [0, 0.1) is 0 Å². The molecule has 0 aromatic carbocycles. The Morgan fingerprint density at radius 2 is 0.719 bits per heavy atom. The molecule has 0 aromatic rings. The van der Waals surface area contributed by atoms with Crippen molar-refractivity contribution >= 4 is 21.6 Å². The average Bonchev–Trinajstić information content (AvgIpc) is 1.01. The van der Waals surface area contributed by atoms with Gasteiger partial charge in [0.15, 0.2) is 12.6 Å². The number of ether oxygens (including phenoxy) is 3. The molecule has 12 atom stereocenters. The zero-order valence-corrected chi connectivity index (χ0v) is 57.8. The average molecular weight is 1290 g/mol. The van der Waals surface area contributed by atoms with Crippen LogP contribution in [0.25, 0.3) is 0 Å². The van der Waals surface area contributed by atoms with E-state index in [1.54, 1.807) is 6.92 Å². The van der Waals surface area contributed by atoms with Crippen LogP contribution in [0.3, 0.4) is 0 Å². The third-order valence-electron chi connectivity index (χ3n) is 15.9. The van der Waals surface area contributed by atoms with Crippen LogP contribution in [0.4, 0.5) is 0 Å². The first-order valence-corrected chi connectivity index (χ1v) is 35.0. The molecule has 2 heterocycles. The molecule has 2 aliphatic rings. The number of aliphatic hydroxyl groups is 6. The molecule has 18 nitrogen and oxygen atoms in total. The quantitative estimate of drug-likeness (QED) is 0.0203. The number of phosphoric acid groups is 2. The number of hydrogen-bond acceptors (Lipinski definition) is 15. The first kappa shape index (κ1) is 81.6. The first-order chi connectivity index (χ1) is 42.0. The lowest BCUT2D eigenvalue weighted by Crippen LogP contribution is -2.68. The van der Waals surface area contributed by atoms with E-state index in [0.29, 0.717) is 12.8 Å². The number of hydrogen-bond donors (Lipinski definition) is 9. The van der Waals surface area contributed by atoms with Crippen LogP contribution >= 0.6 is 15.6 Å². The second kappa shape index (κ2) is 44.2. The van der Waals surface area contributed by atoms with Crippen LogP contribution in [0.1, 0.15) is 218 Å². The van der Waals surface area contributed by atoms with Crippen molar-refractivity contribution in [3.05, 3.63) is 128 Å². The summed E-state index contributed by atoms with van der Waals surface area (Å²) in [6.45, 7) is 25.0. The summed E-state index contributed by atoms with van der Waals surface area (Å²) in [4.78, 5) is 33.2. The number of allylic oxidation sites excluding steroid dienone is 21. The summed E-state index contributed by atoms with van der Waals surface area (Å²) < 4.78 is 56.8. The van der Waals surface area contributed by atoms with Gasteiger partial charge in [0.1, 0.15) is 48.8 Å². The Morgan fingerprint density at radius 1 is 0.416 bits per heavy atom. The van der Waals surface area contributed by atoms with E-state index >= 15 is 0 Å². The molecule has 89 heavy (non-hydrogen) atoms. The van der Waals surface area contributed by atoms with Gasteiger partial charge in [-0.05, 0) is 212 Å². The fraction of sp³-hybridized carbons (Fsp3) is 0.667. The van der Waals surface area contributed by atoms with Crippen molar-refractivity contribution in [2.75, 3.05) is 19.8 Å². The Bertz CT molecular complexity index is 2590. The van der Waals surface area contributed by atoms with Crippen LogP contribution in [0.15, 0.2) is 128 Å². The molecular weight excluding hydrogens is 1180 g/mol. The first-order valence-electron chi connectivity index (χ1n) is 32.0. The van der Waals surface area contributed by atoms with Gasteiger partial charge in [0.2, 0.25) is 5.91 Å². The number of phosphoric ester groups is 2. The van der Waals surface area contributed by atoms with E-state index < -0.39 is 103 Å². The van der Waals surface area contributed by atoms with Crippen LogP contribution in [0.5, 0.6) is 0 Å². The third kappa shape index (κ3) is 35.9. The van der Waals surface area contributed by atoms with Gasteiger partial charge >= 0.3 is 15.6 Å².